The Morgan fingerprint density at radius 3 is 1.74 bits per heavy atom. The van der Waals surface area contributed by atoms with E-state index < -0.39 is 0 Å². The summed E-state index contributed by atoms with van der Waals surface area (Å²) in [5.74, 6) is 1.49. The number of hydrogen-bond donors (Lipinski definition) is 2. The van der Waals surface area contributed by atoms with Crippen LogP contribution in [-0.2, 0) is 0 Å². The third kappa shape index (κ3) is 13.3. The van der Waals surface area contributed by atoms with E-state index in [9.17, 15) is 0 Å². The highest BCUT2D eigenvalue weighted by molar-refractivity contribution is 5.42. The van der Waals surface area contributed by atoms with E-state index in [1.165, 1.54) is 89.9 Å². The van der Waals surface area contributed by atoms with Crippen LogP contribution < -0.4 is 15.8 Å². The van der Waals surface area contributed by atoms with Crippen LogP contribution in [0.4, 0.5) is 11.8 Å². The van der Waals surface area contributed by atoms with Crippen molar-refractivity contribution in [1.29, 1.82) is 0 Å². The van der Waals surface area contributed by atoms with Gasteiger partial charge >= 0.3 is 0 Å². The molecule has 156 valence electrons. The standard InChI is InChI=1S/C22H42N4O/c1-3-4-5-6-7-8-9-10-11-12-13-14-15-16-17-18-24-20-19-21(27-2)26-22(23)25-20/h19H,3-18H2,1-2H3,(H3,23,24,25,26). The van der Waals surface area contributed by atoms with Gasteiger partial charge in [-0.2, -0.15) is 9.97 Å². The zero-order chi connectivity index (χ0) is 19.6. The summed E-state index contributed by atoms with van der Waals surface area (Å²) in [6, 6.07) is 1.78. The van der Waals surface area contributed by atoms with E-state index in [1.807, 2.05) is 0 Å². The van der Waals surface area contributed by atoms with Gasteiger partial charge in [0.1, 0.15) is 5.82 Å². The van der Waals surface area contributed by atoms with Gasteiger partial charge in [-0.25, -0.2) is 0 Å². The van der Waals surface area contributed by atoms with Crippen molar-refractivity contribution in [3.63, 3.8) is 0 Å². The quantitative estimate of drug-likeness (QED) is 0.291. The van der Waals surface area contributed by atoms with Crippen LogP contribution in [0.1, 0.15) is 103 Å². The third-order valence-electron chi connectivity index (χ3n) is 5.02. The molecule has 1 aromatic rings. The number of aromatic nitrogens is 2. The number of nitrogens with one attached hydrogen (secondary N) is 1. The summed E-state index contributed by atoms with van der Waals surface area (Å²) in [7, 11) is 1.58. The number of rotatable bonds is 18. The Labute approximate surface area is 166 Å². The lowest BCUT2D eigenvalue weighted by molar-refractivity contribution is 0.398. The van der Waals surface area contributed by atoms with Crippen LogP contribution in [0.2, 0.25) is 0 Å². The molecule has 0 radical (unpaired) electrons. The Kier molecular flexibility index (Phi) is 14.5. The van der Waals surface area contributed by atoms with Crippen molar-refractivity contribution in [2.24, 2.45) is 0 Å². The average molecular weight is 379 g/mol. The molecule has 1 rings (SSSR count). The molecule has 0 bridgehead atoms. The van der Waals surface area contributed by atoms with Gasteiger partial charge in [0.05, 0.1) is 7.11 Å². The van der Waals surface area contributed by atoms with Crippen LogP contribution in [0.25, 0.3) is 0 Å². The Morgan fingerprint density at radius 2 is 1.26 bits per heavy atom. The average Bonchev–Trinajstić information content (AvgIpc) is 2.67. The molecular formula is C22H42N4O. The predicted molar refractivity (Wildman–Crippen MR) is 116 cm³/mol. The lowest BCUT2D eigenvalue weighted by Gasteiger charge is -2.07. The minimum atomic E-state index is 0.244. The lowest BCUT2D eigenvalue weighted by atomic mass is 10.0. The van der Waals surface area contributed by atoms with Crippen molar-refractivity contribution in [2.45, 2.75) is 103 Å². The fourth-order valence-electron chi connectivity index (χ4n) is 3.35. The molecule has 27 heavy (non-hydrogen) atoms. The van der Waals surface area contributed by atoms with Gasteiger partial charge in [-0.1, -0.05) is 96.8 Å². The van der Waals surface area contributed by atoms with Gasteiger partial charge in [-0.05, 0) is 6.42 Å². The van der Waals surface area contributed by atoms with Crippen molar-refractivity contribution in [1.82, 2.24) is 9.97 Å². The molecule has 0 amide bonds. The Bertz CT molecular complexity index is 468. The second kappa shape index (κ2) is 16.6. The normalized spacial score (nSPS) is 10.9. The summed E-state index contributed by atoms with van der Waals surface area (Å²) in [6.45, 7) is 3.20. The molecule has 0 aromatic carbocycles. The van der Waals surface area contributed by atoms with Gasteiger partial charge < -0.3 is 15.8 Å². The summed E-state index contributed by atoms with van der Waals surface area (Å²) >= 11 is 0. The zero-order valence-electron chi connectivity index (χ0n) is 17.8. The minimum absolute atomic E-state index is 0.244. The molecule has 0 aliphatic carbocycles. The number of nitrogens with two attached hydrogens (primary N) is 1. The van der Waals surface area contributed by atoms with E-state index >= 15 is 0 Å². The highest BCUT2D eigenvalue weighted by atomic mass is 16.5. The maximum atomic E-state index is 5.65. The first-order valence-electron chi connectivity index (χ1n) is 11.2. The van der Waals surface area contributed by atoms with Crippen LogP contribution in [0.5, 0.6) is 5.88 Å². The molecule has 0 saturated carbocycles. The molecule has 3 N–H and O–H groups in total. The summed E-state index contributed by atoms with van der Waals surface area (Å²) in [4.78, 5) is 8.15. The molecular weight excluding hydrogens is 336 g/mol. The van der Waals surface area contributed by atoms with E-state index in [2.05, 4.69) is 22.2 Å². The first kappa shape index (κ1) is 23.5. The first-order valence-corrected chi connectivity index (χ1v) is 11.2. The van der Waals surface area contributed by atoms with Gasteiger partial charge in [-0.15, -0.1) is 0 Å². The van der Waals surface area contributed by atoms with Gasteiger partial charge in [0.25, 0.3) is 0 Å². The molecule has 0 atom stereocenters. The second-order valence-corrected chi connectivity index (χ2v) is 7.53. The fourth-order valence-corrected chi connectivity index (χ4v) is 3.35. The number of hydrogen-bond acceptors (Lipinski definition) is 5. The predicted octanol–water partition coefficient (Wildman–Crippen LogP) is 6.35. The van der Waals surface area contributed by atoms with E-state index in [4.69, 9.17) is 10.5 Å². The number of nitrogen functional groups attached to an aromatic ring is 1. The SMILES string of the molecule is CCCCCCCCCCCCCCCCCNc1cc(OC)nc(N)n1. The van der Waals surface area contributed by atoms with E-state index in [0.29, 0.717) is 5.88 Å². The van der Waals surface area contributed by atoms with Gasteiger partial charge in [-0.3, -0.25) is 0 Å². The Morgan fingerprint density at radius 1 is 0.778 bits per heavy atom. The summed E-state index contributed by atoms with van der Waals surface area (Å²) in [6.07, 6.45) is 20.8. The highest BCUT2D eigenvalue weighted by Crippen LogP contribution is 2.15. The molecule has 0 spiro atoms. The van der Waals surface area contributed by atoms with E-state index in [0.717, 1.165) is 18.8 Å². The van der Waals surface area contributed by atoms with Gasteiger partial charge in [0.15, 0.2) is 0 Å². The van der Waals surface area contributed by atoms with Crippen LogP contribution in [0.3, 0.4) is 0 Å². The van der Waals surface area contributed by atoms with Crippen molar-refractivity contribution in [2.75, 3.05) is 24.7 Å². The number of ether oxygens (including phenoxy) is 1. The topological polar surface area (TPSA) is 73.1 Å². The van der Waals surface area contributed by atoms with Crippen LogP contribution in [-0.4, -0.2) is 23.6 Å². The van der Waals surface area contributed by atoms with E-state index in [1.54, 1.807) is 13.2 Å². The first-order chi connectivity index (χ1) is 13.3. The van der Waals surface area contributed by atoms with Crippen molar-refractivity contribution >= 4 is 11.8 Å². The molecule has 0 unspecified atom stereocenters. The van der Waals surface area contributed by atoms with Crippen molar-refractivity contribution < 1.29 is 4.74 Å². The van der Waals surface area contributed by atoms with Crippen molar-refractivity contribution in [3.8, 4) is 5.88 Å². The minimum Gasteiger partial charge on any atom is -0.481 e. The largest absolute Gasteiger partial charge is 0.481 e. The molecule has 1 heterocycles. The second-order valence-electron chi connectivity index (χ2n) is 7.53. The summed E-state index contributed by atoms with van der Waals surface area (Å²) in [5.41, 5.74) is 5.65. The van der Waals surface area contributed by atoms with Crippen LogP contribution in [0, 0.1) is 0 Å². The third-order valence-corrected chi connectivity index (χ3v) is 5.02. The fraction of sp³-hybridized carbons (Fsp3) is 0.818. The number of nitrogens with zero attached hydrogens (tertiary/aromatic N) is 2. The molecule has 1 aromatic heterocycles. The van der Waals surface area contributed by atoms with Crippen LogP contribution in [0.15, 0.2) is 6.07 Å². The van der Waals surface area contributed by atoms with Gasteiger partial charge in [0, 0.05) is 12.6 Å². The summed E-state index contributed by atoms with van der Waals surface area (Å²) < 4.78 is 5.10. The number of methoxy groups -OCH3 is 1. The molecule has 5 nitrogen and oxygen atoms in total. The van der Waals surface area contributed by atoms with Crippen LogP contribution >= 0.6 is 0 Å². The van der Waals surface area contributed by atoms with Gasteiger partial charge in [0.2, 0.25) is 11.8 Å². The maximum absolute atomic E-state index is 5.65. The Balaban J connectivity index is 1.83. The molecule has 0 aliphatic heterocycles. The summed E-state index contributed by atoms with van der Waals surface area (Å²) in [5, 5.41) is 3.30. The monoisotopic (exact) mass is 378 g/mol. The molecule has 5 heteroatoms. The smallest absolute Gasteiger partial charge is 0.225 e. The number of anilines is 2. The van der Waals surface area contributed by atoms with Crippen molar-refractivity contribution in [3.05, 3.63) is 6.07 Å². The maximum Gasteiger partial charge on any atom is 0.225 e. The number of unbranched alkanes of at least 4 members (excludes halogenated alkanes) is 14. The molecule has 0 saturated heterocycles. The van der Waals surface area contributed by atoms with E-state index in [-0.39, 0.29) is 5.95 Å². The zero-order valence-corrected chi connectivity index (χ0v) is 17.8. The molecule has 0 aliphatic rings. The Hall–Kier alpha value is -1.52. The lowest BCUT2D eigenvalue weighted by Crippen LogP contribution is -2.06. The highest BCUT2D eigenvalue weighted by Gasteiger charge is 2.01. The molecule has 0 fully saturated rings.